The molecule has 0 aliphatic heterocycles. The highest BCUT2D eigenvalue weighted by molar-refractivity contribution is 5.89. The summed E-state index contributed by atoms with van der Waals surface area (Å²) in [5.74, 6) is 1.95. The minimum Gasteiger partial charge on any atom is -0.368 e. The predicted octanol–water partition coefficient (Wildman–Crippen LogP) is 4.44. The lowest BCUT2D eigenvalue weighted by Gasteiger charge is -2.38. The maximum absolute atomic E-state index is 13.5. The number of fused-ring (bicyclic) bond motifs is 1. The summed E-state index contributed by atoms with van der Waals surface area (Å²) in [4.78, 5) is 31.9. The van der Waals surface area contributed by atoms with Gasteiger partial charge in [0.05, 0.1) is 29.3 Å². The number of aromatic amines is 1. The first-order valence-corrected chi connectivity index (χ1v) is 13.8. The van der Waals surface area contributed by atoms with Crippen molar-refractivity contribution >= 4 is 28.4 Å². The highest BCUT2D eigenvalue weighted by Crippen LogP contribution is 2.40. The number of ether oxygens (including phenoxy) is 1. The Balaban J connectivity index is 1.14. The number of halogens is 1. The van der Waals surface area contributed by atoms with Gasteiger partial charge in [-0.15, -0.1) is 0 Å². The molecular formula is C29H31FN10O2. The van der Waals surface area contributed by atoms with Gasteiger partial charge in [-0.05, 0) is 57.2 Å². The van der Waals surface area contributed by atoms with Gasteiger partial charge in [0.2, 0.25) is 0 Å². The average Bonchev–Trinajstić information content (AvgIpc) is 3.64. The molecule has 0 unspecified atom stereocenters. The molecule has 6 rings (SSSR count). The molecule has 5 heterocycles. The number of aryl methyl sites for hydroxylation is 1. The Morgan fingerprint density at radius 3 is 2.69 bits per heavy atom. The van der Waals surface area contributed by atoms with Gasteiger partial charge in [0.25, 0.3) is 5.91 Å². The lowest BCUT2D eigenvalue weighted by atomic mass is 9.77. The van der Waals surface area contributed by atoms with E-state index in [1.165, 1.54) is 10.9 Å². The molecule has 5 aromatic heterocycles. The van der Waals surface area contributed by atoms with Gasteiger partial charge in [0, 0.05) is 43.4 Å². The van der Waals surface area contributed by atoms with Gasteiger partial charge in [-0.3, -0.25) is 14.9 Å². The summed E-state index contributed by atoms with van der Waals surface area (Å²) < 4.78 is 20.5. The van der Waals surface area contributed by atoms with Gasteiger partial charge in [-0.25, -0.2) is 24.0 Å². The Kier molecular flexibility index (Phi) is 7.33. The molecular weight excluding hydrogens is 539 g/mol. The molecule has 0 aromatic carbocycles. The molecule has 0 saturated heterocycles. The maximum atomic E-state index is 13.5. The molecule has 0 spiro atoms. The topological polar surface area (TPSA) is 148 Å². The molecule has 1 saturated carbocycles. The summed E-state index contributed by atoms with van der Waals surface area (Å²) in [6.45, 7) is 3.83. The van der Waals surface area contributed by atoms with Gasteiger partial charge in [-0.2, -0.15) is 10.2 Å². The van der Waals surface area contributed by atoms with Crippen LogP contribution in [0.15, 0.2) is 55.2 Å². The van der Waals surface area contributed by atoms with Crippen LogP contribution >= 0.6 is 0 Å². The first-order chi connectivity index (χ1) is 20.3. The van der Waals surface area contributed by atoms with E-state index in [0.717, 1.165) is 28.4 Å². The first kappa shape index (κ1) is 27.4. The lowest BCUT2D eigenvalue weighted by molar-refractivity contribution is -0.148. The SMILES string of the molecule is COC1(C(=O)N[C@@H](C)c2ccc(-n3cc(F)cn3)nc2)CCC(c2nc(Nc3cc(C)[nH]n3)c3cnccc3n2)CC1. The fraction of sp³-hybridized carbons (Fsp3) is 0.345. The molecule has 1 fully saturated rings. The number of anilines is 2. The number of rotatable bonds is 8. The van der Waals surface area contributed by atoms with E-state index in [0.29, 0.717) is 49.0 Å². The van der Waals surface area contributed by atoms with Gasteiger partial charge in [0.1, 0.15) is 17.2 Å². The third-order valence-electron chi connectivity index (χ3n) is 7.83. The number of pyridine rings is 2. The van der Waals surface area contributed by atoms with E-state index in [4.69, 9.17) is 14.7 Å². The minimum absolute atomic E-state index is 0.0569. The normalized spacial score (nSPS) is 19.5. The van der Waals surface area contributed by atoms with Crippen molar-refractivity contribution in [1.29, 1.82) is 0 Å². The van der Waals surface area contributed by atoms with Crippen LogP contribution in [0.3, 0.4) is 0 Å². The van der Waals surface area contributed by atoms with Crippen molar-refractivity contribution in [1.82, 2.24) is 45.2 Å². The summed E-state index contributed by atoms with van der Waals surface area (Å²) in [7, 11) is 1.58. The van der Waals surface area contributed by atoms with E-state index < -0.39 is 11.4 Å². The van der Waals surface area contributed by atoms with Crippen molar-refractivity contribution in [3.8, 4) is 5.82 Å². The standard InChI is InChI=1S/C29H31FN10O2/c1-17-12-24(39-38-17)36-27-22-15-31-11-8-23(22)35-26(37-27)19-6-9-29(42-3,10-7-19)28(41)34-18(2)20-4-5-25(32-13-20)40-16-21(30)14-33-40/h4-5,8,11-16,18-19H,6-7,9-10H2,1-3H3,(H,34,41)(H2,35,36,37,38,39)/t18-,19?,29?/m0/s1. The molecule has 1 aliphatic rings. The summed E-state index contributed by atoms with van der Waals surface area (Å²) in [6.07, 6.45) is 9.89. The number of H-pyrrole nitrogens is 1. The molecule has 3 N–H and O–H groups in total. The second-order valence-electron chi connectivity index (χ2n) is 10.6. The van der Waals surface area contributed by atoms with Gasteiger partial charge < -0.3 is 15.4 Å². The summed E-state index contributed by atoms with van der Waals surface area (Å²) in [6, 6.07) is 7.04. The number of carbonyl (C=O) groups excluding carboxylic acids is 1. The number of amides is 1. The number of carbonyl (C=O) groups is 1. The summed E-state index contributed by atoms with van der Waals surface area (Å²) >= 11 is 0. The van der Waals surface area contributed by atoms with Crippen LogP contribution in [0.4, 0.5) is 16.0 Å². The largest absolute Gasteiger partial charge is 0.368 e. The zero-order chi connectivity index (χ0) is 29.3. The van der Waals surface area contributed by atoms with Crippen LogP contribution in [0.5, 0.6) is 0 Å². The van der Waals surface area contributed by atoms with E-state index in [9.17, 15) is 9.18 Å². The highest BCUT2D eigenvalue weighted by atomic mass is 19.1. The first-order valence-electron chi connectivity index (χ1n) is 13.8. The summed E-state index contributed by atoms with van der Waals surface area (Å²) in [5.41, 5.74) is 1.58. The van der Waals surface area contributed by atoms with Crippen LogP contribution in [-0.2, 0) is 9.53 Å². The molecule has 0 bridgehead atoms. The van der Waals surface area contributed by atoms with Crippen molar-refractivity contribution < 1.29 is 13.9 Å². The van der Waals surface area contributed by atoms with Crippen molar-refractivity contribution in [2.75, 3.05) is 12.4 Å². The highest BCUT2D eigenvalue weighted by Gasteiger charge is 2.43. The Bertz CT molecular complexity index is 1710. The minimum atomic E-state index is -0.959. The van der Waals surface area contributed by atoms with Gasteiger partial charge in [0.15, 0.2) is 17.5 Å². The van der Waals surface area contributed by atoms with Crippen LogP contribution in [0.25, 0.3) is 16.7 Å². The second kappa shape index (κ2) is 11.2. The zero-order valence-electron chi connectivity index (χ0n) is 23.5. The Hall–Kier alpha value is -4.78. The molecule has 5 aromatic rings. The van der Waals surface area contributed by atoms with Crippen molar-refractivity contribution in [2.24, 2.45) is 0 Å². The maximum Gasteiger partial charge on any atom is 0.252 e. The van der Waals surface area contributed by atoms with E-state index >= 15 is 0 Å². The Morgan fingerprint density at radius 2 is 2.02 bits per heavy atom. The van der Waals surface area contributed by atoms with Crippen LogP contribution < -0.4 is 10.6 Å². The number of methoxy groups -OCH3 is 1. The molecule has 1 amide bonds. The average molecular weight is 571 g/mol. The molecule has 1 atom stereocenters. The van der Waals surface area contributed by atoms with E-state index in [1.54, 1.807) is 31.8 Å². The lowest BCUT2D eigenvalue weighted by Crippen LogP contribution is -2.50. The van der Waals surface area contributed by atoms with Crippen molar-refractivity contribution in [3.05, 3.63) is 78.1 Å². The van der Waals surface area contributed by atoms with Crippen molar-refractivity contribution in [2.45, 2.75) is 57.1 Å². The van der Waals surface area contributed by atoms with Crippen LogP contribution in [0, 0.1) is 12.7 Å². The third-order valence-corrected chi connectivity index (χ3v) is 7.83. The zero-order valence-corrected chi connectivity index (χ0v) is 23.5. The number of hydrogen-bond acceptors (Lipinski definition) is 9. The van der Waals surface area contributed by atoms with Crippen LogP contribution in [-0.4, -0.2) is 58.5 Å². The third kappa shape index (κ3) is 5.42. The predicted molar refractivity (Wildman–Crippen MR) is 153 cm³/mol. The number of nitrogens with zero attached hydrogens (tertiary/aromatic N) is 7. The van der Waals surface area contributed by atoms with Crippen molar-refractivity contribution in [3.63, 3.8) is 0 Å². The summed E-state index contributed by atoms with van der Waals surface area (Å²) in [5, 5.41) is 18.3. The fourth-order valence-corrected chi connectivity index (χ4v) is 5.36. The van der Waals surface area contributed by atoms with E-state index in [2.05, 4.69) is 35.9 Å². The van der Waals surface area contributed by atoms with E-state index in [-0.39, 0.29) is 17.9 Å². The van der Waals surface area contributed by atoms with Crippen LogP contribution in [0.1, 0.15) is 61.6 Å². The van der Waals surface area contributed by atoms with E-state index in [1.807, 2.05) is 32.0 Å². The van der Waals surface area contributed by atoms with Gasteiger partial charge >= 0.3 is 0 Å². The molecule has 0 radical (unpaired) electrons. The molecule has 1 aliphatic carbocycles. The fourth-order valence-electron chi connectivity index (χ4n) is 5.36. The Labute approximate surface area is 241 Å². The monoisotopic (exact) mass is 570 g/mol. The quantitative estimate of drug-likeness (QED) is 0.246. The number of nitrogens with one attached hydrogen (secondary N) is 3. The number of hydrogen-bond donors (Lipinski definition) is 3. The molecule has 216 valence electrons. The smallest absolute Gasteiger partial charge is 0.252 e. The van der Waals surface area contributed by atoms with Gasteiger partial charge in [-0.1, -0.05) is 6.07 Å². The molecule has 13 heteroatoms. The number of aromatic nitrogens is 8. The van der Waals surface area contributed by atoms with Crippen LogP contribution in [0.2, 0.25) is 0 Å². The molecule has 42 heavy (non-hydrogen) atoms. The Morgan fingerprint density at radius 1 is 1.19 bits per heavy atom. The molecule has 12 nitrogen and oxygen atoms in total. The second-order valence-corrected chi connectivity index (χ2v) is 10.6.